The zero-order valence-electron chi connectivity index (χ0n) is 11.0. The van der Waals surface area contributed by atoms with Crippen LogP contribution in [0.2, 0.25) is 5.02 Å². The van der Waals surface area contributed by atoms with Crippen molar-refractivity contribution in [1.29, 1.82) is 0 Å². The van der Waals surface area contributed by atoms with Gasteiger partial charge >= 0.3 is 0 Å². The number of aromatic nitrogens is 1. The number of amides is 1. The van der Waals surface area contributed by atoms with Gasteiger partial charge in [0, 0.05) is 29.4 Å². The van der Waals surface area contributed by atoms with Crippen molar-refractivity contribution >= 4 is 51.6 Å². The van der Waals surface area contributed by atoms with Crippen LogP contribution in [0.15, 0.2) is 36.5 Å². The van der Waals surface area contributed by atoms with Gasteiger partial charge in [0.2, 0.25) is 0 Å². The Bertz CT molecular complexity index is 646. The molecule has 1 aromatic heterocycles. The van der Waals surface area contributed by atoms with Crippen molar-refractivity contribution in [3.05, 3.63) is 50.7 Å². The van der Waals surface area contributed by atoms with Gasteiger partial charge in [-0.25, -0.2) is 4.98 Å². The Hall–Kier alpha value is -1.34. The van der Waals surface area contributed by atoms with Gasteiger partial charge in [-0.3, -0.25) is 4.79 Å². The van der Waals surface area contributed by atoms with Crippen LogP contribution in [0.25, 0.3) is 0 Å². The Balaban J connectivity index is 2.26. The average molecular weight is 402 g/mol. The molecule has 0 aliphatic heterocycles. The first-order valence-electron chi connectivity index (χ1n) is 5.88. The van der Waals surface area contributed by atoms with E-state index in [-0.39, 0.29) is 5.91 Å². The first-order valence-corrected chi connectivity index (χ1v) is 7.33. The van der Waals surface area contributed by atoms with E-state index in [2.05, 4.69) is 32.9 Å². The van der Waals surface area contributed by atoms with Gasteiger partial charge < -0.3 is 10.2 Å². The summed E-state index contributed by atoms with van der Waals surface area (Å²) in [6, 6.07) is 8.81. The van der Waals surface area contributed by atoms with Gasteiger partial charge in [-0.15, -0.1) is 0 Å². The lowest BCUT2D eigenvalue weighted by Crippen LogP contribution is -2.17. The summed E-state index contributed by atoms with van der Waals surface area (Å²) in [4.78, 5) is 18.3. The third-order valence-corrected chi connectivity index (χ3v) is 4.21. The highest BCUT2D eigenvalue weighted by Gasteiger charge is 2.12. The molecule has 0 spiro atoms. The lowest BCUT2D eigenvalue weighted by Gasteiger charge is -2.16. The number of carbonyl (C=O) groups excluding carboxylic acids is 1. The van der Waals surface area contributed by atoms with E-state index < -0.39 is 0 Å². The fraction of sp³-hybridized carbons (Fsp3) is 0.143. The van der Waals surface area contributed by atoms with Crippen LogP contribution in [0.1, 0.15) is 10.4 Å². The molecule has 0 unspecified atom stereocenters. The van der Waals surface area contributed by atoms with Crippen LogP contribution in [0, 0.1) is 3.57 Å². The number of halogens is 2. The van der Waals surface area contributed by atoms with Crippen molar-refractivity contribution in [3.63, 3.8) is 0 Å². The number of pyridine rings is 1. The van der Waals surface area contributed by atoms with Crippen molar-refractivity contribution < 1.29 is 4.79 Å². The molecule has 6 heteroatoms. The van der Waals surface area contributed by atoms with Crippen molar-refractivity contribution in [1.82, 2.24) is 4.98 Å². The molecule has 0 radical (unpaired) electrons. The molecule has 0 fully saturated rings. The molecule has 1 aromatic carbocycles. The molecule has 4 nitrogen and oxygen atoms in total. The van der Waals surface area contributed by atoms with Crippen molar-refractivity contribution in [3.8, 4) is 0 Å². The number of nitrogens with one attached hydrogen (secondary N) is 1. The van der Waals surface area contributed by atoms with Gasteiger partial charge in [-0.05, 0) is 52.9 Å². The first kappa shape index (κ1) is 15.1. The van der Waals surface area contributed by atoms with Gasteiger partial charge in [-0.1, -0.05) is 11.6 Å². The van der Waals surface area contributed by atoms with Crippen LogP contribution in [0.3, 0.4) is 0 Å². The van der Waals surface area contributed by atoms with E-state index in [0.717, 1.165) is 3.57 Å². The fourth-order valence-electron chi connectivity index (χ4n) is 1.68. The zero-order chi connectivity index (χ0) is 14.7. The molecule has 0 aliphatic carbocycles. The molecule has 104 valence electrons. The predicted octanol–water partition coefficient (Wildman–Crippen LogP) is 3.66. The zero-order valence-corrected chi connectivity index (χ0v) is 13.9. The third kappa shape index (κ3) is 3.40. The topological polar surface area (TPSA) is 45.2 Å². The standard InChI is InChI=1S/C14H13ClIN3O/c1-19(2)13-12(4-3-7-17-13)18-14(20)9-5-6-11(16)10(15)8-9/h3-8H,1-2H3,(H,18,20). The first-order chi connectivity index (χ1) is 9.49. The number of benzene rings is 1. The van der Waals surface area contributed by atoms with E-state index in [9.17, 15) is 4.79 Å². The SMILES string of the molecule is CN(C)c1ncccc1NC(=O)c1ccc(I)c(Cl)c1. The minimum Gasteiger partial charge on any atom is -0.361 e. The molecule has 0 saturated carbocycles. The number of carbonyl (C=O) groups is 1. The van der Waals surface area contributed by atoms with Gasteiger partial charge in [0.1, 0.15) is 0 Å². The molecule has 1 amide bonds. The van der Waals surface area contributed by atoms with Crippen LogP contribution in [-0.4, -0.2) is 25.0 Å². The molecule has 0 aliphatic rings. The maximum Gasteiger partial charge on any atom is 0.255 e. The molecular weight excluding hydrogens is 389 g/mol. The average Bonchev–Trinajstić information content (AvgIpc) is 2.42. The quantitative estimate of drug-likeness (QED) is 0.799. The smallest absolute Gasteiger partial charge is 0.255 e. The van der Waals surface area contributed by atoms with Crippen LogP contribution in [-0.2, 0) is 0 Å². The number of hydrogen-bond donors (Lipinski definition) is 1. The highest BCUT2D eigenvalue weighted by molar-refractivity contribution is 14.1. The fourth-order valence-corrected chi connectivity index (χ4v) is 2.20. The molecule has 2 aromatic rings. The maximum absolute atomic E-state index is 12.2. The summed E-state index contributed by atoms with van der Waals surface area (Å²) in [6.07, 6.45) is 1.69. The van der Waals surface area contributed by atoms with Gasteiger partial charge in [0.05, 0.1) is 10.7 Å². The minimum absolute atomic E-state index is 0.209. The van der Waals surface area contributed by atoms with E-state index >= 15 is 0 Å². The summed E-state index contributed by atoms with van der Waals surface area (Å²) < 4.78 is 0.913. The number of hydrogen-bond acceptors (Lipinski definition) is 3. The largest absolute Gasteiger partial charge is 0.361 e. The predicted molar refractivity (Wildman–Crippen MR) is 90.7 cm³/mol. The van der Waals surface area contributed by atoms with Gasteiger partial charge in [0.15, 0.2) is 5.82 Å². The summed E-state index contributed by atoms with van der Waals surface area (Å²) in [5, 5.41) is 3.42. The molecule has 0 saturated heterocycles. The summed E-state index contributed by atoms with van der Waals surface area (Å²) in [7, 11) is 3.75. The molecule has 1 N–H and O–H groups in total. The second kappa shape index (κ2) is 6.41. The summed E-state index contributed by atoms with van der Waals surface area (Å²) >= 11 is 8.16. The van der Waals surface area contributed by atoms with Gasteiger partial charge in [-0.2, -0.15) is 0 Å². The normalized spacial score (nSPS) is 10.2. The Morgan fingerprint density at radius 1 is 1.35 bits per heavy atom. The van der Waals surface area contributed by atoms with E-state index in [1.165, 1.54) is 0 Å². The Labute approximate surface area is 136 Å². The Kier molecular flexibility index (Phi) is 4.82. The van der Waals surface area contributed by atoms with E-state index in [1.54, 1.807) is 24.4 Å². The number of nitrogens with zero attached hydrogens (tertiary/aromatic N) is 2. The molecule has 0 atom stereocenters. The van der Waals surface area contributed by atoms with E-state index in [1.807, 2.05) is 31.1 Å². The number of rotatable bonds is 3. The van der Waals surface area contributed by atoms with Gasteiger partial charge in [0.25, 0.3) is 5.91 Å². The Morgan fingerprint density at radius 2 is 2.10 bits per heavy atom. The minimum atomic E-state index is -0.209. The molecule has 20 heavy (non-hydrogen) atoms. The molecule has 0 bridgehead atoms. The van der Waals surface area contributed by atoms with Crippen LogP contribution < -0.4 is 10.2 Å². The van der Waals surface area contributed by atoms with E-state index in [4.69, 9.17) is 11.6 Å². The molecule has 1 heterocycles. The van der Waals surface area contributed by atoms with Crippen molar-refractivity contribution in [2.75, 3.05) is 24.3 Å². The van der Waals surface area contributed by atoms with E-state index in [0.29, 0.717) is 22.1 Å². The second-order valence-corrected chi connectivity index (χ2v) is 5.92. The lowest BCUT2D eigenvalue weighted by molar-refractivity contribution is 0.102. The lowest BCUT2D eigenvalue weighted by atomic mass is 10.2. The number of anilines is 2. The monoisotopic (exact) mass is 401 g/mol. The maximum atomic E-state index is 12.2. The highest BCUT2D eigenvalue weighted by atomic mass is 127. The highest BCUT2D eigenvalue weighted by Crippen LogP contribution is 2.23. The summed E-state index contributed by atoms with van der Waals surface area (Å²) in [5.41, 5.74) is 1.18. The van der Waals surface area contributed by atoms with Crippen molar-refractivity contribution in [2.24, 2.45) is 0 Å². The molecular formula is C14H13ClIN3O. The summed E-state index contributed by atoms with van der Waals surface area (Å²) in [5.74, 6) is 0.497. The molecule has 2 rings (SSSR count). The van der Waals surface area contributed by atoms with Crippen LogP contribution in [0.4, 0.5) is 11.5 Å². The summed E-state index contributed by atoms with van der Waals surface area (Å²) in [6.45, 7) is 0. The second-order valence-electron chi connectivity index (χ2n) is 4.35. The Morgan fingerprint density at radius 3 is 2.75 bits per heavy atom. The van der Waals surface area contributed by atoms with Crippen LogP contribution >= 0.6 is 34.2 Å². The van der Waals surface area contributed by atoms with Crippen LogP contribution in [0.5, 0.6) is 0 Å². The third-order valence-electron chi connectivity index (χ3n) is 2.64. The van der Waals surface area contributed by atoms with Crippen molar-refractivity contribution in [2.45, 2.75) is 0 Å².